The minimum Gasteiger partial charge on any atom is -0.386 e. The number of hydrogen-bond acceptors (Lipinski definition) is 3. The van der Waals surface area contributed by atoms with Crippen LogP contribution in [0.4, 0.5) is 15.8 Å². The number of nitriles is 1. The van der Waals surface area contributed by atoms with Crippen molar-refractivity contribution < 1.29 is 4.39 Å². The molecule has 0 radical (unpaired) electrons. The molecule has 1 aromatic carbocycles. The molecule has 14 heavy (non-hydrogen) atoms. The molecule has 0 bridgehead atoms. The summed E-state index contributed by atoms with van der Waals surface area (Å²) < 4.78 is 12.8. The molecule has 0 aromatic heterocycles. The first-order valence-corrected chi connectivity index (χ1v) is 4.36. The van der Waals surface area contributed by atoms with Gasteiger partial charge in [-0.15, -0.1) is 0 Å². The fraction of sp³-hybridized carbons (Fsp3) is 0.300. The van der Waals surface area contributed by atoms with Crippen LogP contribution < -0.4 is 10.6 Å². The zero-order chi connectivity index (χ0) is 10.4. The predicted octanol–water partition coefficient (Wildman–Crippen LogP) is 2.19. The third-order valence-electron chi connectivity index (χ3n) is 1.80. The summed E-state index contributed by atoms with van der Waals surface area (Å²) in [6.45, 7) is 0.566. The molecule has 0 unspecified atom stereocenters. The van der Waals surface area contributed by atoms with Gasteiger partial charge in [0.2, 0.25) is 0 Å². The lowest BCUT2D eigenvalue weighted by atomic mass is 10.2. The van der Waals surface area contributed by atoms with Gasteiger partial charge in [-0.1, -0.05) is 0 Å². The van der Waals surface area contributed by atoms with Crippen LogP contribution in [-0.2, 0) is 0 Å². The smallest absolute Gasteiger partial charge is 0.125 e. The van der Waals surface area contributed by atoms with E-state index in [0.717, 1.165) is 5.69 Å². The van der Waals surface area contributed by atoms with Crippen LogP contribution in [0.1, 0.15) is 6.42 Å². The van der Waals surface area contributed by atoms with E-state index in [9.17, 15) is 4.39 Å². The van der Waals surface area contributed by atoms with E-state index in [2.05, 4.69) is 10.6 Å². The van der Waals surface area contributed by atoms with Gasteiger partial charge in [0.25, 0.3) is 0 Å². The highest BCUT2D eigenvalue weighted by atomic mass is 19.1. The minimum atomic E-state index is -0.278. The van der Waals surface area contributed by atoms with Gasteiger partial charge in [0.1, 0.15) is 5.82 Å². The predicted molar refractivity (Wildman–Crippen MR) is 54.7 cm³/mol. The Bertz CT molecular complexity index is 344. The molecule has 0 amide bonds. The molecule has 0 heterocycles. The van der Waals surface area contributed by atoms with Crippen molar-refractivity contribution in [3.63, 3.8) is 0 Å². The summed E-state index contributed by atoms with van der Waals surface area (Å²) in [7, 11) is 1.73. The van der Waals surface area contributed by atoms with E-state index in [1.807, 2.05) is 6.07 Å². The monoisotopic (exact) mass is 193 g/mol. The lowest BCUT2D eigenvalue weighted by Gasteiger charge is -2.10. The first-order chi connectivity index (χ1) is 6.77. The van der Waals surface area contributed by atoms with Crippen LogP contribution in [-0.4, -0.2) is 13.6 Å². The summed E-state index contributed by atoms with van der Waals surface area (Å²) in [5, 5.41) is 14.3. The number of nitrogens with one attached hydrogen (secondary N) is 2. The summed E-state index contributed by atoms with van der Waals surface area (Å²) >= 11 is 0. The van der Waals surface area contributed by atoms with E-state index in [-0.39, 0.29) is 5.82 Å². The Morgan fingerprint density at radius 2 is 2.21 bits per heavy atom. The highest BCUT2D eigenvalue weighted by Gasteiger charge is 2.00. The van der Waals surface area contributed by atoms with E-state index in [0.29, 0.717) is 18.7 Å². The van der Waals surface area contributed by atoms with E-state index >= 15 is 0 Å². The third kappa shape index (κ3) is 2.63. The molecule has 0 saturated heterocycles. The summed E-state index contributed by atoms with van der Waals surface area (Å²) in [4.78, 5) is 0. The molecular weight excluding hydrogens is 181 g/mol. The Kier molecular flexibility index (Phi) is 3.74. The van der Waals surface area contributed by atoms with Crippen molar-refractivity contribution >= 4 is 11.4 Å². The minimum absolute atomic E-state index is 0.278. The first kappa shape index (κ1) is 10.3. The lowest BCUT2D eigenvalue weighted by Crippen LogP contribution is -2.03. The maximum Gasteiger partial charge on any atom is 0.125 e. The van der Waals surface area contributed by atoms with Crippen molar-refractivity contribution in [2.45, 2.75) is 6.42 Å². The van der Waals surface area contributed by atoms with Gasteiger partial charge in [-0.2, -0.15) is 5.26 Å². The van der Waals surface area contributed by atoms with Gasteiger partial charge in [0.15, 0.2) is 0 Å². The van der Waals surface area contributed by atoms with Crippen LogP contribution in [0.2, 0.25) is 0 Å². The first-order valence-electron chi connectivity index (χ1n) is 4.36. The second-order valence-electron chi connectivity index (χ2n) is 2.77. The molecule has 0 aliphatic heterocycles. The molecule has 4 heteroatoms. The maximum atomic E-state index is 12.8. The molecule has 1 rings (SSSR count). The fourth-order valence-corrected chi connectivity index (χ4v) is 1.13. The van der Waals surface area contributed by atoms with Crippen LogP contribution in [0.5, 0.6) is 0 Å². The summed E-state index contributed by atoms with van der Waals surface area (Å²) in [6.07, 6.45) is 0.431. The normalized spacial score (nSPS) is 9.21. The molecule has 3 nitrogen and oxygen atoms in total. The zero-order valence-corrected chi connectivity index (χ0v) is 7.97. The quantitative estimate of drug-likeness (QED) is 0.720. The topological polar surface area (TPSA) is 47.8 Å². The van der Waals surface area contributed by atoms with Crippen LogP contribution in [0, 0.1) is 17.1 Å². The van der Waals surface area contributed by atoms with Crippen molar-refractivity contribution in [3.05, 3.63) is 24.0 Å². The van der Waals surface area contributed by atoms with Gasteiger partial charge in [-0.3, -0.25) is 0 Å². The molecule has 0 saturated carbocycles. The number of benzene rings is 1. The SMILES string of the molecule is CNc1cc(F)ccc1NCCC#N. The second kappa shape index (κ2) is 5.07. The highest BCUT2D eigenvalue weighted by Crippen LogP contribution is 2.21. The second-order valence-corrected chi connectivity index (χ2v) is 2.77. The number of hydrogen-bond donors (Lipinski definition) is 2. The molecule has 0 spiro atoms. The molecule has 0 aliphatic carbocycles. The fourth-order valence-electron chi connectivity index (χ4n) is 1.13. The van der Waals surface area contributed by atoms with Gasteiger partial charge in [0.05, 0.1) is 23.9 Å². The number of anilines is 2. The molecule has 0 aliphatic rings. The Morgan fingerprint density at radius 1 is 1.43 bits per heavy atom. The molecule has 74 valence electrons. The van der Waals surface area contributed by atoms with Crippen molar-refractivity contribution in [1.82, 2.24) is 0 Å². The summed E-state index contributed by atoms with van der Waals surface area (Å²) in [6, 6.07) is 6.48. The molecular formula is C10H12FN3. The molecule has 0 atom stereocenters. The van der Waals surface area contributed by atoms with Crippen LogP contribution >= 0.6 is 0 Å². The Balaban J connectivity index is 2.71. The van der Waals surface area contributed by atoms with Gasteiger partial charge < -0.3 is 10.6 Å². The molecule has 2 N–H and O–H groups in total. The van der Waals surface area contributed by atoms with E-state index < -0.39 is 0 Å². The number of halogens is 1. The standard InChI is InChI=1S/C10H12FN3/c1-13-10-7-8(11)3-4-9(10)14-6-2-5-12/h3-4,7,13-14H,2,6H2,1H3. The lowest BCUT2D eigenvalue weighted by molar-refractivity contribution is 0.628. The average molecular weight is 193 g/mol. The van der Waals surface area contributed by atoms with Crippen molar-refractivity contribution in [1.29, 1.82) is 5.26 Å². The molecule has 1 aromatic rings. The molecule has 0 fully saturated rings. The summed E-state index contributed by atoms with van der Waals surface area (Å²) in [5.74, 6) is -0.278. The maximum absolute atomic E-state index is 12.8. The van der Waals surface area contributed by atoms with E-state index in [4.69, 9.17) is 5.26 Å². The van der Waals surface area contributed by atoms with Crippen molar-refractivity contribution in [3.8, 4) is 6.07 Å². The van der Waals surface area contributed by atoms with Crippen LogP contribution in [0.25, 0.3) is 0 Å². The third-order valence-corrected chi connectivity index (χ3v) is 1.80. The van der Waals surface area contributed by atoms with Gasteiger partial charge >= 0.3 is 0 Å². The zero-order valence-electron chi connectivity index (χ0n) is 7.97. The average Bonchev–Trinajstić information content (AvgIpc) is 2.20. The number of rotatable bonds is 4. The Morgan fingerprint density at radius 3 is 2.86 bits per heavy atom. The number of nitrogens with zero attached hydrogens (tertiary/aromatic N) is 1. The van der Waals surface area contributed by atoms with Crippen molar-refractivity contribution in [2.24, 2.45) is 0 Å². The van der Waals surface area contributed by atoms with Gasteiger partial charge in [-0.25, -0.2) is 4.39 Å². The van der Waals surface area contributed by atoms with Gasteiger partial charge in [0, 0.05) is 13.6 Å². The van der Waals surface area contributed by atoms with E-state index in [1.165, 1.54) is 12.1 Å². The van der Waals surface area contributed by atoms with Crippen molar-refractivity contribution in [2.75, 3.05) is 24.2 Å². The largest absolute Gasteiger partial charge is 0.386 e. The van der Waals surface area contributed by atoms with Crippen LogP contribution in [0.15, 0.2) is 18.2 Å². The van der Waals surface area contributed by atoms with E-state index in [1.54, 1.807) is 13.1 Å². The Hall–Kier alpha value is -1.76. The van der Waals surface area contributed by atoms with Crippen LogP contribution in [0.3, 0.4) is 0 Å². The Labute approximate surface area is 82.5 Å². The highest BCUT2D eigenvalue weighted by molar-refractivity contribution is 5.68. The summed E-state index contributed by atoms with van der Waals surface area (Å²) in [5.41, 5.74) is 1.51. The van der Waals surface area contributed by atoms with Gasteiger partial charge in [-0.05, 0) is 18.2 Å².